The van der Waals surface area contributed by atoms with Crippen LogP contribution >= 0.6 is 0 Å². The first kappa shape index (κ1) is 9.67. The van der Waals surface area contributed by atoms with Crippen LogP contribution in [0, 0.1) is 6.92 Å². The van der Waals surface area contributed by atoms with Crippen molar-refractivity contribution in [2.75, 3.05) is 19.0 Å². The molecule has 1 amide bonds. The van der Waals surface area contributed by atoms with Gasteiger partial charge in [-0.3, -0.25) is 4.79 Å². The summed E-state index contributed by atoms with van der Waals surface area (Å²) < 4.78 is 4.65. The number of ether oxygens (including phenoxy) is 1. The first-order chi connectivity index (χ1) is 6.22. The summed E-state index contributed by atoms with van der Waals surface area (Å²) in [5, 5.41) is 2.57. The summed E-state index contributed by atoms with van der Waals surface area (Å²) in [7, 11) is 1.46. The highest BCUT2D eigenvalue weighted by Gasteiger charge is 2.01. The van der Waals surface area contributed by atoms with Crippen LogP contribution < -0.4 is 5.32 Å². The topological polar surface area (TPSA) is 51.2 Å². The van der Waals surface area contributed by atoms with Crippen LogP contribution in [0.3, 0.4) is 0 Å². The normalized spacial score (nSPS) is 9.69. The standard InChI is InChI=1S/C9H11N2O2/c1-7-3-4-10-8(5-7)11-9(12)6-13-2/h3-5H,1,6H2,2H3,(H,10,11,12). The second kappa shape index (κ2) is 4.57. The zero-order chi connectivity index (χ0) is 9.68. The summed E-state index contributed by atoms with van der Waals surface area (Å²) in [6.07, 6.45) is 1.59. The summed E-state index contributed by atoms with van der Waals surface area (Å²) in [5.41, 5.74) is 0.808. The Kier molecular flexibility index (Phi) is 3.40. The van der Waals surface area contributed by atoms with Crippen molar-refractivity contribution in [2.45, 2.75) is 0 Å². The van der Waals surface area contributed by atoms with Crippen LogP contribution in [0.15, 0.2) is 18.3 Å². The van der Waals surface area contributed by atoms with Crippen LogP contribution in [-0.2, 0) is 9.53 Å². The number of hydrogen-bond acceptors (Lipinski definition) is 3. The Bertz CT molecular complexity index is 299. The van der Waals surface area contributed by atoms with Crippen molar-refractivity contribution in [3.8, 4) is 0 Å². The van der Waals surface area contributed by atoms with Gasteiger partial charge in [0, 0.05) is 13.3 Å². The second-order valence-electron chi connectivity index (χ2n) is 2.53. The maximum absolute atomic E-state index is 11.0. The van der Waals surface area contributed by atoms with Gasteiger partial charge in [0.25, 0.3) is 5.91 Å². The molecule has 1 aromatic heterocycles. The van der Waals surface area contributed by atoms with Crippen LogP contribution in [0.5, 0.6) is 0 Å². The van der Waals surface area contributed by atoms with Crippen LogP contribution in [-0.4, -0.2) is 24.6 Å². The Labute approximate surface area is 76.9 Å². The predicted octanol–water partition coefficient (Wildman–Crippen LogP) is 0.849. The summed E-state index contributed by atoms with van der Waals surface area (Å²) >= 11 is 0. The van der Waals surface area contributed by atoms with Crippen LogP contribution in [0.2, 0.25) is 0 Å². The van der Waals surface area contributed by atoms with E-state index in [1.54, 1.807) is 18.3 Å². The maximum atomic E-state index is 11.0. The molecule has 0 aromatic carbocycles. The molecule has 4 heteroatoms. The molecular formula is C9H11N2O2. The molecule has 1 aromatic rings. The monoisotopic (exact) mass is 179 g/mol. The molecule has 1 heterocycles. The number of carbonyl (C=O) groups is 1. The van der Waals surface area contributed by atoms with E-state index < -0.39 is 0 Å². The smallest absolute Gasteiger partial charge is 0.251 e. The maximum Gasteiger partial charge on any atom is 0.251 e. The van der Waals surface area contributed by atoms with Crippen molar-refractivity contribution in [1.82, 2.24) is 4.98 Å². The minimum Gasteiger partial charge on any atom is -0.375 e. The van der Waals surface area contributed by atoms with E-state index in [1.807, 2.05) is 0 Å². The highest BCUT2D eigenvalue weighted by molar-refractivity contribution is 5.90. The zero-order valence-electron chi connectivity index (χ0n) is 7.41. The molecule has 0 unspecified atom stereocenters. The Hall–Kier alpha value is -1.42. The van der Waals surface area contributed by atoms with Crippen molar-refractivity contribution >= 4 is 11.7 Å². The molecule has 0 saturated carbocycles. The van der Waals surface area contributed by atoms with Gasteiger partial charge < -0.3 is 10.1 Å². The van der Waals surface area contributed by atoms with Gasteiger partial charge in [-0.2, -0.15) is 0 Å². The number of rotatable bonds is 3. The molecule has 0 spiro atoms. The van der Waals surface area contributed by atoms with Gasteiger partial charge in [-0.25, -0.2) is 4.98 Å². The molecule has 0 saturated heterocycles. The van der Waals surface area contributed by atoms with E-state index in [0.29, 0.717) is 5.82 Å². The minimum absolute atomic E-state index is 0.0308. The van der Waals surface area contributed by atoms with Gasteiger partial charge in [-0.05, 0) is 24.6 Å². The van der Waals surface area contributed by atoms with Crippen molar-refractivity contribution in [2.24, 2.45) is 0 Å². The molecule has 0 atom stereocenters. The lowest BCUT2D eigenvalue weighted by Gasteiger charge is -2.03. The largest absolute Gasteiger partial charge is 0.375 e. The Balaban J connectivity index is 2.58. The summed E-state index contributed by atoms with van der Waals surface area (Å²) in [6.45, 7) is 3.74. The molecule has 1 radical (unpaired) electrons. The van der Waals surface area contributed by atoms with Crippen molar-refractivity contribution in [3.63, 3.8) is 0 Å². The molecule has 1 rings (SSSR count). The number of anilines is 1. The van der Waals surface area contributed by atoms with Gasteiger partial charge >= 0.3 is 0 Å². The molecule has 0 aliphatic rings. The van der Waals surface area contributed by atoms with Crippen molar-refractivity contribution < 1.29 is 9.53 Å². The van der Waals surface area contributed by atoms with Gasteiger partial charge in [-0.1, -0.05) is 0 Å². The Morgan fingerprint density at radius 2 is 2.54 bits per heavy atom. The SMILES string of the molecule is [CH2]c1ccnc(NC(=O)COC)c1. The molecule has 0 aliphatic carbocycles. The first-order valence-corrected chi connectivity index (χ1v) is 3.79. The van der Waals surface area contributed by atoms with Gasteiger partial charge in [0.2, 0.25) is 0 Å². The zero-order valence-corrected chi connectivity index (χ0v) is 7.41. The molecule has 69 valence electrons. The number of nitrogens with one attached hydrogen (secondary N) is 1. The van der Waals surface area contributed by atoms with E-state index in [4.69, 9.17) is 0 Å². The molecule has 0 bridgehead atoms. The van der Waals surface area contributed by atoms with Gasteiger partial charge in [-0.15, -0.1) is 0 Å². The lowest BCUT2D eigenvalue weighted by atomic mass is 10.3. The average molecular weight is 179 g/mol. The van der Waals surface area contributed by atoms with E-state index in [9.17, 15) is 4.79 Å². The molecule has 4 nitrogen and oxygen atoms in total. The van der Waals surface area contributed by atoms with Gasteiger partial charge in [0.1, 0.15) is 12.4 Å². The van der Waals surface area contributed by atoms with Crippen LogP contribution in [0.4, 0.5) is 5.82 Å². The third kappa shape index (κ3) is 3.21. The number of methoxy groups -OCH3 is 1. The summed E-state index contributed by atoms with van der Waals surface area (Å²) in [6, 6.07) is 3.44. The Morgan fingerprint density at radius 1 is 1.77 bits per heavy atom. The number of pyridine rings is 1. The van der Waals surface area contributed by atoms with E-state index in [2.05, 4.69) is 22.0 Å². The lowest BCUT2D eigenvalue weighted by Crippen LogP contribution is -2.17. The van der Waals surface area contributed by atoms with Crippen LogP contribution in [0.25, 0.3) is 0 Å². The fourth-order valence-corrected chi connectivity index (χ4v) is 0.853. The quantitative estimate of drug-likeness (QED) is 0.748. The molecule has 0 aliphatic heterocycles. The van der Waals surface area contributed by atoms with Crippen LogP contribution in [0.1, 0.15) is 5.56 Å². The second-order valence-corrected chi connectivity index (χ2v) is 2.53. The number of aromatic nitrogens is 1. The fourth-order valence-electron chi connectivity index (χ4n) is 0.853. The fraction of sp³-hybridized carbons (Fsp3) is 0.222. The van der Waals surface area contributed by atoms with E-state index in [-0.39, 0.29) is 12.5 Å². The summed E-state index contributed by atoms with van der Waals surface area (Å²) in [4.78, 5) is 15.0. The summed E-state index contributed by atoms with van der Waals surface area (Å²) in [5.74, 6) is 0.273. The lowest BCUT2D eigenvalue weighted by molar-refractivity contribution is -0.119. The van der Waals surface area contributed by atoms with E-state index in [0.717, 1.165) is 5.56 Å². The Morgan fingerprint density at radius 3 is 3.15 bits per heavy atom. The third-order valence-electron chi connectivity index (χ3n) is 1.37. The highest BCUT2D eigenvalue weighted by Crippen LogP contribution is 2.04. The number of nitrogens with zero attached hydrogens (tertiary/aromatic N) is 1. The molecule has 0 fully saturated rings. The van der Waals surface area contributed by atoms with Gasteiger partial charge in [0.15, 0.2) is 0 Å². The minimum atomic E-state index is -0.222. The van der Waals surface area contributed by atoms with Gasteiger partial charge in [0.05, 0.1) is 0 Å². The number of carbonyl (C=O) groups excluding carboxylic acids is 1. The number of hydrogen-bond donors (Lipinski definition) is 1. The third-order valence-corrected chi connectivity index (χ3v) is 1.37. The first-order valence-electron chi connectivity index (χ1n) is 3.79. The molecule has 1 N–H and O–H groups in total. The van der Waals surface area contributed by atoms with E-state index in [1.165, 1.54) is 7.11 Å². The number of amides is 1. The van der Waals surface area contributed by atoms with E-state index >= 15 is 0 Å². The van der Waals surface area contributed by atoms with Crippen molar-refractivity contribution in [3.05, 3.63) is 30.8 Å². The average Bonchev–Trinajstić information content (AvgIpc) is 2.04. The predicted molar refractivity (Wildman–Crippen MR) is 49.2 cm³/mol. The molecule has 13 heavy (non-hydrogen) atoms. The highest BCUT2D eigenvalue weighted by atomic mass is 16.5. The van der Waals surface area contributed by atoms with Crippen molar-refractivity contribution in [1.29, 1.82) is 0 Å². The molecular weight excluding hydrogens is 168 g/mol.